The molecule has 0 aromatic carbocycles. The van der Waals surface area contributed by atoms with Gasteiger partial charge < -0.3 is 4.74 Å². The minimum atomic E-state index is 0.178. The smallest absolute Gasteiger partial charge is 0.315 e. The maximum Gasteiger partial charge on any atom is 0.315 e. The first kappa shape index (κ1) is 8.53. The monoisotopic (exact) mass is 181 g/mol. The third-order valence-electron chi connectivity index (χ3n) is 2.40. The van der Waals surface area contributed by atoms with Gasteiger partial charge in [-0.05, 0) is 5.41 Å². The average Bonchev–Trinajstić information content (AvgIpc) is 2.47. The third-order valence-corrected chi connectivity index (χ3v) is 2.40. The van der Waals surface area contributed by atoms with Gasteiger partial charge in [0.15, 0.2) is 0 Å². The van der Waals surface area contributed by atoms with Gasteiger partial charge in [-0.25, -0.2) is 4.68 Å². The summed E-state index contributed by atoms with van der Waals surface area (Å²) < 4.78 is 7.53. The van der Waals surface area contributed by atoms with E-state index < -0.39 is 0 Å². The van der Waals surface area contributed by atoms with Gasteiger partial charge >= 0.3 is 6.01 Å². The Morgan fingerprint density at radius 2 is 2.31 bits per heavy atom. The van der Waals surface area contributed by atoms with Gasteiger partial charge in [-0.3, -0.25) is 0 Å². The summed E-state index contributed by atoms with van der Waals surface area (Å²) in [6.45, 7) is 7.47. The molecule has 1 aliphatic heterocycles. The third kappa shape index (κ3) is 1.53. The van der Waals surface area contributed by atoms with Crippen LogP contribution in [0, 0.1) is 5.41 Å². The molecule has 0 aliphatic carbocycles. The van der Waals surface area contributed by atoms with E-state index in [0.29, 0.717) is 6.01 Å². The molecule has 72 valence electrons. The van der Waals surface area contributed by atoms with E-state index in [1.807, 2.05) is 4.68 Å². The molecule has 4 nitrogen and oxygen atoms in total. The number of hydrogen-bond donors (Lipinski definition) is 0. The number of rotatable bonds is 0. The molecule has 0 bridgehead atoms. The van der Waals surface area contributed by atoms with Crippen molar-refractivity contribution in [2.24, 2.45) is 5.41 Å². The van der Waals surface area contributed by atoms with Crippen LogP contribution in [0.25, 0.3) is 0 Å². The van der Waals surface area contributed by atoms with Crippen LogP contribution >= 0.6 is 0 Å². The van der Waals surface area contributed by atoms with E-state index in [1.54, 1.807) is 6.33 Å². The molecule has 0 fully saturated rings. The van der Waals surface area contributed by atoms with Gasteiger partial charge in [0, 0.05) is 13.0 Å². The number of ether oxygens (including phenoxy) is 1. The standard InChI is InChI=1S/C9H15N3O/c1-9(2,3)7-4-5-12-8(13-7)10-6-11-12/h6-7H,4-5H2,1-3H3. The zero-order chi connectivity index (χ0) is 9.47. The zero-order valence-corrected chi connectivity index (χ0v) is 8.32. The van der Waals surface area contributed by atoms with Gasteiger partial charge in [-0.2, -0.15) is 10.1 Å². The molecule has 1 atom stereocenters. The van der Waals surface area contributed by atoms with Crippen molar-refractivity contribution >= 4 is 0 Å². The Bertz CT molecular complexity index is 300. The van der Waals surface area contributed by atoms with E-state index in [-0.39, 0.29) is 11.5 Å². The molecule has 1 aromatic rings. The molecule has 0 spiro atoms. The Hall–Kier alpha value is -1.06. The van der Waals surface area contributed by atoms with E-state index in [9.17, 15) is 0 Å². The topological polar surface area (TPSA) is 39.9 Å². The first-order chi connectivity index (χ1) is 6.07. The van der Waals surface area contributed by atoms with Crippen LogP contribution in [0.1, 0.15) is 27.2 Å². The highest BCUT2D eigenvalue weighted by Gasteiger charge is 2.31. The van der Waals surface area contributed by atoms with Crippen molar-refractivity contribution in [3.63, 3.8) is 0 Å². The molecular weight excluding hydrogens is 166 g/mol. The Balaban J connectivity index is 2.18. The van der Waals surface area contributed by atoms with Crippen molar-refractivity contribution < 1.29 is 4.74 Å². The summed E-state index contributed by atoms with van der Waals surface area (Å²) in [4.78, 5) is 4.05. The fraction of sp³-hybridized carbons (Fsp3) is 0.778. The summed E-state index contributed by atoms with van der Waals surface area (Å²) in [6, 6.07) is 0.658. The summed E-state index contributed by atoms with van der Waals surface area (Å²) in [6.07, 6.45) is 2.81. The molecule has 1 unspecified atom stereocenters. The maximum atomic E-state index is 5.73. The molecule has 13 heavy (non-hydrogen) atoms. The predicted molar refractivity (Wildman–Crippen MR) is 48.5 cm³/mol. The average molecular weight is 181 g/mol. The maximum absolute atomic E-state index is 5.73. The molecule has 1 aromatic heterocycles. The van der Waals surface area contributed by atoms with Crippen LogP contribution < -0.4 is 4.74 Å². The second-order valence-corrected chi connectivity index (χ2v) is 4.53. The summed E-state index contributed by atoms with van der Waals surface area (Å²) in [5.41, 5.74) is 0.178. The van der Waals surface area contributed by atoms with E-state index in [2.05, 4.69) is 30.9 Å². The van der Waals surface area contributed by atoms with E-state index in [4.69, 9.17) is 4.74 Å². The second kappa shape index (κ2) is 2.72. The summed E-state index contributed by atoms with van der Waals surface area (Å²) in [7, 11) is 0. The van der Waals surface area contributed by atoms with Gasteiger partial charge in [0.05, 0.1) is 0 Å². The lowest BCUT2D eigenvalue weighted by atomic mass is 9.87. The van der Waals surface area contributed by atoms with Gasteiger partial charge in [0.2, 0.25) is 0 Å². The molecule has 0 saturated carbocycles. The minimum Gasteiger partial charge on any atom is -0.460 e. The predicted octanol–water partition coefficient (Wildman–Crippen LogP) is 1.48. The quantitative estimate of drug-likeness (QED) is 0.608. The highest BCUT2D eigenvalue weighted by molar-refractivity contribution is 4.97. The van der Waals surface area contributed by atoms with E-state index >= 15 is 0 Å². The van der Waals surface area contributed by atoms with Gasteiger partial charge in [-0.1, -0.05) is 20.8 Å². The normalized spacial score (nSPS) is 22.2. The number of hydrogen-bond acceptors (Lipinski definition) is 3. The number of fused-ring (bicyclic) bond motifs is 1. The van der Waals surface area contributed by atoms with Crippen LogP contribution in [0.2, 0.25) is 0 Å². The first-order valence-electron chi connectivity index (χ1n) is 4.62. The molecular formula is C9H15N3O. The van der Waals surface area contributed by atoms with Crippen LogP contribution in [0.5, 0.6) is 6.01 Å². The minimum absolute atomic E-state index is 0.178. The van der Waals surface area contributed by atoms with Gasteiger partial charge in [-0.15, -0.1) is 0 Å². The number of aryl methyl sites for hydroxylation is 1. The van der Waals surface area contributed by atoms with Crippen LogP contribution in [-0.4, -0.2) is 20.9 Å². The molecule has 2 heterocycles. The van der Waals surface area contributed by atoms with E-state index in [0.717, 1.165) is 13.0 Å². The van der Waals surface area contributed by atoms with Crippen molar-refractivity contribution in [1.29, 1.82) is 0 Å². The fourth-order valence-electron chi connectivity index (χ4n) is 1.53. The molecule has 0 radical (unpaired) electrons. The molecule has 0 amide bonds. The Kier molecular flexibility index (Phi) is 1.78. The fourth-order valence-corrected chi connectivity index (χ4v) is 1.53. The van der Waals surface area contributed by atoms with Crippen molar-refractivity contribution in [1.82, 2.24) is 14.8 Å². The first-order valence-corrected chi connectivity index (χ1v) is 4.62. The molecule has 1 aliphatic rings. The van der Waals surface area contributed by atoms with Crippen molar-refractivity contribution in [3.8, 4) is 6.01 Å². The van der Waals surface area contributed by atoms with Gasteiger partial charge in [0.25, 0.3) is 0 Å². The van der Waals surface area contributed by atoms with Crippen molar-refractivity contribution in [3.05, 3.63) is 6.33 Å². The molecule has 0 N–H and O–H groups in total. The van der Waals surface area contributed by atoms with Crippen LogP contribution in [-0.2, 0) is 6.54 Å². The SMILES string of the molecule is CC(C)(C)C1CCn2ncnc2O1. The van der Waals surface area contributed by atoms with Crippen molar-refractivity contribution in [2.75, 3.05) is 0 Å². The number of aromatic nitrogens is 3. The lowest BCUT2D eigenvalue weighted by molar-refractivity contribution is 0.0382. The molecule has 2 rings (SSSR count). The molecule has 0 saturated heterocycles. The second-order valence-electron chi connectivity index (χ2n) is 4.53. The summed E-state index contributed by atoms with van der Waals surface area (Å²) in [5.74, 6) is 0. The highest BCUT2D eigenvalue weighted by atomic mass is 16.5. The largest absolute Gasteiger partial charge is 0.460 e. The van der Waals surface area contributed by atoms with Crippen LogP contribution in [0.15, 0.2) is 6.33 Å². The molecule has 4 heteroatoms. The Morgan fingerprint density at radius 3 is 3.00 bits per heavy atom. The Labute approximate surface area is 77.9 Å². The number of nitrogens with zero attached hydrogens (tertiary/aromatic N) is 3. The van der Waals surface area contributed by atoms with E-state index in [1.165, 1.54) is 0 Å². The lowest BCUT2D eigenvalue weighted by Crippen LogP contribution is -2.37. The van der Waals surface area contributed by atoms with Crippen LogP contribution in [0.4, 0.5) is 0 Å². The van der Waals surface area contributed by atoms with Crippen LogP contribution in [0.3, 0.4) is 0 Å². The van der Waals surface area contributed by atoms with Gasteiger partial charge in [0.1, 0.15) is 12.4 Å². The lowest BCUT2D eigenvalue weighted by Gasteiger charge is -2.33. The zero-order valence-electron chi connectivity index (χ0n) is 8.32. The van der Waals surface area contributed by atoms with Crippen molar-refractivity contribution in [2.45, 2.75) is 39.8 Å². The summed E-state index contributed by atoms with van der Waals surface area (Å²) >= 11 is 0. The Morgan fingerprint density at radius 1 is 1.54 bits per heavy atom. The highest BCUT2D eigenvalue weighted by Crippen LogP contribution is 2.29. The summed E-state index contributed by atoms with van der Waals surface area (Å²) in [5, 5.41) is 4.05.